The van der Waals surface area contributed by atoms with Crippen LogP contribution in [0.15, 0.2) is 0 Å². The SMILES string of the molecule is FC(F)(F)C(F)(F)C(F)(F)N1O[C@]1(F)C(F)(F)C(F)(F)C(F)(F)C(F)(F)F. The van der Waals surface area contributed by atoms with E-state index in [4.69, 9.17) is 0 Å². The van der Waals surface area contributed by atoms with Crippen molar-refractivity contribution in [1.29, 1.82) is 0 Å². The highest BCUT2D eigenvalue weighted by atomic mass is 19.4. The molecule has 0 saturated carbocycles. The molecule has 1 unspecified atom stereocenters. The van der Waals surface area contributed by atoms with Crippen LogP contribution < -0.4 is 0 Å². The lowest BCUT2D eigenvalue weighted by atomic mass is 10.0. The lowest BCUT2D eigenvalue weighted by Gasteiger charge is -2.34. The lowest BCUT2D eigenvalue weighted by molar-refractivity contribution is -0.417. The molecule has 0 aromatic heterocycles. The van der Waals surface area contributed by atoms with Gasteiger partial charge in [0, 0.05) is 0 Å². The Bertz CT molecular complexity index is 589. The molecule has 162 valence electrons. The van der Waals surface area contributed by atoms with E-state index in [1.807, 2.05) is 0 Å². The number of alkyl halides is 17. The number of hydroxylamine groups is 2. The molecule has 0 aromatic carbocycles. The molecule has 0 radical (unpaired) electrons. The molecule has 0 N–H and O–H groups in total. The number of hydrogen-bond acceptors (Lipinski definition) is 2. The van der Waals surface area contributed by atoms with Gasteiger partial charge >= 0.3 is 48.1 Å². The topological polar surface area (TPSA) is 15.5 Å². The van der Waals surface area contributed by atoms with Crippen LogP contribution in [0.2, 0.25) is 0 Å². The van der Waals surface area contributed by atoms with Gasteiger partial charge in [-0.1, -0.05) is 0 Å². The Morgan fingerprint density at radius 2 is 0.852 bits per heavy atom. The van der Waals surface area contributed by atoms with Crippen LogP contribution in [0.25, 0.3) is 0 Å². The molecular formula is C8F17NO. The highest BCUT2D eigenvalue weighted by molar-refractivity contribution is 5.10. The molecule has 2 nitrogen and oxygen atoms in total. The Kier molecular flexibility index (Phi) is 4.76. The zero-order chi connectivity index (χ0) is 22.3. The smallest absolute Gasteiger partial charge is 0.225 e. The van der Waals surface area contributed by atoms with Crippen molar-refractivity contribution in [3.63, 3.8) is 0 Å². The summed E-state index contributed by atoms with van der Waals surface area (Å²) in [5, 5.41) is -3.09. The van der Waals surface area contributed by atoms with Crippen molar-refractivity contribution in [1.82, 2.24) is 5.06 Å². The summed E-state index contributed by atoms with van der Waals surface area (Å²) in [6.45, 7) is 0. The van der Waals surface area contributed by atoms with E-state index in [9.17, 15) is 74.6 Å². The zero-order valence-electron chi connectivity index (χ0n) is 11.3. The lowest BCUT2D eigenvalue weighted by Crippen LogP contribution is -2.67. The first kappa shape index (κ1) is 23.8. The van der Waals surface area contributed by atoms with E-state index in [2.05, 4.69) is 4.84 Å². The van der Waals surface area contributed by atoms with Gasteiger partial charge in [-0.2, -0.15) is 74.6 Å². The van der Waals surface area contributed by atoms with E-state index in [-0.39, 0.29) is 0 Å². The van der Waals surface area contributed by atoms with Crippen LogP contribution in [0.3, 0.4) is 0 Å². The second-order valence-electron chi connectivity index (χ2n) is 4.78. The predicted octanol–water partition coefficient (Wildman–Crippen LogP) is 5.12. The quantitative estimate of drug-likeness (QED) is 0.329. The largest absolute Gasteiger partial charge is 0.461 e. The van der Waals surface area contributed by atoms with Gasteiger partial charge in [0.15, 0.2) is 0 Å². The summed E-state index contributed by atoms with van der Waals surface area (Å²) in [5.41, 5.74) is 0. The molecule has 0 spiro atoms. The normalized spacial score (nSPS) is 26.3. The third-order valence-corrected chi connectivity index (χ3v) is 2.96. The third-order valence-electron chi connectivity index (χ3n) is 2.96. The van der Waals surface area contributed by atoms with Crippen molar-refractivity contribution in [2.45, 2.75) is 48.1 Å². The van der Waals surface area contributed by atoms with Crippen molar-refractivity contribution in [2.24, 2.45) is 0 Å². The second-order valence-corrected chi connectivity index (χ2v) is 4.78. The molecule has 0 bridgehead atoms. The minimum absolute atomic E-state index is 2.22. The van der Waals surface area contributed by atoms with Crippen LogP contribution in [-0.2, 0) is 4.84 Å². The molecule has 0 aromatic rings. The molecule has 19 heteroatoms. The zero-order valence-corrected chi connectivity index (χ0v) is 11.3. The standard InChI is InChI=1S/C8F17NO/c9-1(10,2(11,12)5(17,18)19)3(13,14)8(25)26(27-8)7(23,24)4(15,16)6(20,21)22/t8-,26?/m0/s1. The summed E-state index contributed by atoms with van der Waals surface area (Å²) >= 11 is 0. The van der Waals surface area contributed by atoms with Gasteiger partial charge in [-0.25, -0.2) is 4.84 Å². The molecule has 1 aliphatic rings. The van der Waals surface area contributed by atoms with Crippen LogP contribution in [0.4, 0.5) is 74.6 Å². The molecule has 27 heavy (non-hydrogen) atoms. The molecule has 1 heterocycles. The summed E-state index contributed by atoms with van der Waals surface area (Å²) in [6.07, 6.45) is -14.9. The van der Waals surface area contributed by atoms with Crippen LogP contribution in [0.5, 0.6) is 0 Å². The maximum Gasteiger partial charge on any atom is 0.461 e. The summed E-state index contributed by atoms with van der Waals surface area (Å²) in [7, 11) is 0. The first-order valence-corrected chi connectivity index (χ1v) is 5.55. The van der Waals surface area contributed by atoms with Gasteiger partial charge in [-0.15, -0.1) is 0 Å². The van der Waals surface area contributed by atoms with E-state index in [1.165, 1.54) is 0 Å². The first-order chi connectivity index (χ1) is 11.3. The highest BCUT2D eigenvalue weighted by Crippen LogP contribution is 2.65. The average molecular weight is 449 g/mol. The number of nitrogens with zero attached hydrogens (tertiary/aromatic N) is 1. The van der Waals surface area contributed by atoms with Gasteiger partial charge in [-0.05, 0) is 5.06 Å². The predicted molar refractivity (Wildman–Crippen MR) is 43.6 cm³/mol. The fraction of sp³-hybridized carbons (Fsp3) is 1.00. The van der Waals surface area contributed by atoms with Gasteiger partial charge in [0.25, 0.3) is 0 Å². The van der Waals surface area contributed by atoms with Crippen molar-refractivity contribution in [3.05, 3.63) is 0 Å². The van der Waals surface area contributed by atoms with E-state index in [0.29, 0.717) is 0 Å². The van der Waals surface area contributed by atoms with Crippen molar-refractivity contribution < 1.29 is 79.5 Å². The van der Waals surface area contributed by atoms with Crippen molar-refractivity contribution in [3.8, 4) is 0 Å². The molecule has 1 saturated heterocycles. The van der Waals surface area contributed by atoms with E-state index < -0.39 is 53.1 Å². The summed E-state index contributed by atoms with van der Waals surface area (Å²) in [6, 6.07) is -7.26. The number of halogens is 17. The summed E-state index contributed by atoms with van der Waals surface area (Å²) < 4.78 is 212. The van der Waals surface area contributed by atoms with E-state index >= 15 is 0 Å². The van der Waals surface area contributed by atoms with Crippen LogP contribution >= 0.6 is 0 Å². The third kappa shape index (κ3) is 2.79. The Hall–Kier alpha value is -1.27. The molecule has 1 fully saturated rings. The molecule has 2 atom stereocenters. The van der Waals surface area contributed by atoms with Crippen molar-refractivity contribution in [2.75, 3.05) is 0 Å². The van der Waals surface area contributed by atoms with Gasteiger partial charge in [0.05, 0.1) is 0 Å². The molecule has 1 aliphatic heterocycles. The monoisotopic (exact) mass is 449 g/mol. The van der Waals surface area contributed by atoms with Crippen LogP contribution in [0, 0.1) is 0 Å². The second kappa shape index (κ2) is 5.41. The highest BCUT2D eigenvalue weighted by Gasteiger charge is 2.97. The summed E-state index contributed by atoms with van der Waals surface area (Å²) in [5.74, 6) is -37.6. The fourth-order valence-corrected chi connectivity index (χ4v) is 1.39. The first-order valence-electron chi connectivity index (χ1n) is 5.55. The van der Waals surface area contributed by atoms with Gasteiger partial charge in [0.1, 0.15) is 0 Å². The molecule has 0 aliphatic carbocycles. The van der Waals surface area contributed by atoms with Gasteiger partial charge < -0.3 is 0 Å². The number of hydrogen-bond donors (Lipinski definition) is 0. The minimum atomic E-state index is -7.97. The molecular weight excluding hydrogens is 449 g/mol. The van der Waals surface area contributed by atoms with Gasteiger partial charge in [-0.3, -0.25) is 0 Å². The molecule has 1 rings (SSSR count). The maximum absolute atomic E-state index is 13.4. The van der Waals surface area contributed by atoms with E-state index in [0.717, 1.165) is 0 Å². The average Bonchev–Trinajstić information content (AvgIpc) is 3.10. The minimum Gasteiger partial charge on any atom is -0.225 e. The Morgan fingerprint density at radius 3 is 1.15 bits per heavy atom. The Balaban J connectivity index is 3.39. The maximum atomic E-state index is 13.4. The summed E-state index contributed by atoms with van der Waals surface area (Å²) in [4.78, 5) is 2.22. The van der Waals surface area contributed by atoms with Crippen LogP contribution in [-0.4, -0.2) is 53.1 Å². The Labute approximate surface area is 134 Å². The fourth-order valence-electron chi connectivity index (χ4n) is 1.39. The van der Waals surface area contributed by atoms with Gasteiger partial charge in [0.2, 0.25) is 0 Å². The van der Waals surface area contributed by atoms with E-state index in [1.54, 1.807) is 0 Å². The van der Waals surface area contributed by atoms with Crippen molar-refractivity contribution >= 4 is 0 Å². The Morgan fingerprint density at radius 1 is 0.519 bits per heavy atom. The number of rotatable bonds is 5. The van der Waals surface area contributed by atoms with Crippen LogP contribution in [0.1, 0.15) is 0 Å². The molecule has 0 amide bonds.